The molecule has 122 valence electrons. The zero-order valence-corrected chi connectivity index (χ0v) is 14.0. The van der Waals surface area contributed by atoms with E-state index in [-0.39, 0.29) is 11.8 Å². The lowest BCUT2D eigenvalue weighted by Gasteiger charge is -2.33. The molecule has 1 rings (SSSR count). The quantitative estimate of drug-likeness (QED) is 0.789. The molecule has 1 unspecified atom stereocenters. The molecule has 1 amide bonds. The van der Waals surface area contributed by atoms with Crippen LogP contribution in [0.3, 0.4) is 0 Å². The van der Waals surface area contributed by atoms with Crippen LogP contribution in [0, 0.1) is 5.82 Å². The lowest BCUT2D eigenvalue weighted by atomic mass is 10.0. The number of nitrogens with zero attached hydrogens (tertiary/aromatic N) is 1. The van der Waals surface area contributed by atoms with Gasteiger partial charge in [0.05, 0.1) is 6.04 Å². The molecule has 1 aromatic rings. The summed E-state index contributed by atoms with van der Waals surface area (Å²) in [5.41, 5.74) is -0.272. The highest BCUT2D eigenvalue weighted by Gasteiger charge is 2.32. The molecule has 0 fully saturated rings. The van der Waals surface area contributed by atoms with Crippen LogP contribution in [0.4, 0.5) is 9.18 Å². The second-order valence-electron chi connectivity index (χ2n) is 6.53. The summed E-state index contributed by atoms with van der Waals surface area (Å²) in [7, 11) is 0. The molecule has 0 saturated heterocycles. The van der Waals surface area contributed by atoms with E-state index in [0.29, 0.717) is 5.56 Å². The second-order valence-corrected chi connectivity index (χ2v) is 6.53. The van der Waals surface area contributed by atoms with E-state index < -0.39 is 23.6 Å². The van der Waals surface area contributed by atoms with E-state index in [4.69, 9.17) is 4.74 Å². The minimum absolute atomic E-state index is 0.200. The Hall–Kier alpha value is -1.91. The smallest absolute Gasteiger partial charge is 0.411 e. The van der Waals surface area contributed by atoms with Gasteiger partial charge in [0.2, 0.25) is 0 Å². The standard InChI is InChI=1S/C17H24FNO3/c1-11(2)19(16(21)22-17(4,5)6)12(3)15(20)13-7-9-14(18)10-8-13/h7-12H,1-6H3. The number of rotatable bonds is 4. The summed E-state index contributed by atoms with van der Waals surface area (Å²) in [6, 6.07) is 4.40. The Labute approximate surface area is 131 Å². The summed E-state index contributed by atoms with van der Waals surface area (Å²) in [6.45, 7) is 10.6. The number of ketones is 1. The van der Waals surface area contributed by atoms with Crippen LogP contribution in [0.5, 0.6) is 0 Å². The van der Waals surface area contributed by atoms with Crippen LogP contribution >= 0.6 is 0 Å². The number of amides is 1. The van der Waals surface area contributed by atoms with Crippen molar-refractivity contribution in [1.82, 2.24) is 4.90 Å². The van der Waals surface area contributed by atoms with Crippen LogP contribution in [-0.4, -0.2) is 34.5 Å². The largest absolute Gasteiger partial charge is 0.444 e. The van der Waals surface area contributed by atoms with Crippen LogP contribution in [0.25, 0.3) is 0 Å². The molecule has 1 aromatic carbocycles. The van der Waals surface area contributed by atoms with E-state index >= 15 is 0 Å². The van der Waals surface area contributed by atoms with Crippen LogP contribution in [0.1, 0.15) is 51.9 Å². The van der Waals surface area contributed by atoms with E-state index in [1.807, 2.05) is 13.8 Å². The molecular formula is C17H24FNO3. The first-order valence-electron chi connectivity index (χ1n) is 7.34. The molecular weight excluding hydrogens is 285 g/mol. The Kier molecular flexibility index (Phi) is 5.69. The fraction of sp³-hybridized carbons (Fsp3) is 0.529. The zero-order chi connectivity index (χ0) is 17.1. The summed E-state index contributed by atoms with van der Waals surface area (Å²) in [4.78, 5) is 26.2. The van der Waals surface area contributed by atoms with Crippen molar-refractivity contribution in [3.63, 3.8) is 0 Å². The van der Waals surface area contributed by atoms with Crippen molar-refractivity contribution in [3.8, 4) is 0 Å². The van der Waals surface area contributed by atoms with E-state index in [0.717, 1.165) is 0 Å². The van der Waals surface area contributed by atoms with Gasteiger partial charge in [-0.3, -0.25) is 9.69 Å². The third-order valence-corrected chi connectivity index (χ3v) is 3.09. The molecule has 4 nitrogen and oxygen atoms in total. The highest BCUT2D eigenvalue weighted by molar-refractivity contribution is 6.01. The summed E-state index contributed by atoms with van der Waals surface area (Å²) in [6.07, 6.45) is -0.537. The first-order chi connectivity index (χ1) is 10.0. The number of benzene rings is 1. The molecule has 0 saturated carbocycles. The predicted molar refractivity (Wildman–Crippen MR) is 83.4 cm³/mol. The number of Topliss-reactive ketones (excluding diaryl/α,β-unsaturated/α-hetero) is 1. The molecule has 0 bridgehead atoms. The molecule has 0 spiro atoms. The van der Waals surface area contributed by atoms with Gasteiger partial charge in [-0.05, 0) is 65.8 Å². The fourth-order valence-corrected chi connectivity index (χ4v) is 2.11. The lowest BCUT2D eigenvalue weighted by molar-refractivity contribution is 0.0108. The van der Waals surface area contributed by atoms with E-state index in [2.05, 4.69) is 0 Å². The van der Waals surface area contributed by atoms with Crippen molar-refractivity contribution < 1.29 is 18.7 Å². The number of hydrogen-bond acceptors (Lipinski definition) is 3. The molecule has 0 aliphatic heterocycles. The maximum absolute atomic E-state index is 13.0. The number of ether oxygens (including phenoxy) is 1. The lowest BCUT2D eigenvalue weighted by Crippen LogP contribution is -2.49. The van der Waals surface area contributed by atoms with Gasteiger partial charge in [0.15, 0.2) is 5.78 Å². The third kappa shape index (κ3) is 4.83. The normalized spacial score (nSPS) is 12.9. The molecule has 0 aliphatic carbocycles. The average Bonchev–Trinajstić information content (AvgIpc) is 2.36. The van der Waals surface area contributed by atoms with Crippen molar-refractivity contribution in [3.05, 3.63) is 35.6 Å². The van der Waals surface area contributed by atoms with Crippen LogP contribution in [-0.2, 0) is 4.74 Å². The van der Waals surface area contributed by atoms with Crippen LogP contribution < -0.4 is 0 Å². The Morgan fingerprint density at radius 3 is 2.00 bits per heavy atom. The van der Waals surface area contributed by atoms with Gasteiger partial charge >= 0.3 is 6.09 Å². The summed E-state index contributed by atoms with van der Waals surface area (Å²) in [5.74, 6) is -0.656. The van der Waals surface area contributed by atoms with Crippen LogP contribution in [0.2, 0.25) is 0 Å². The van der Waals surface area contributed by atoms with Gasteiger partial charge in [-0.1, -0.05) is 0 Å². The van der Waals surface area contributed by atoms with Crippen molar-refractivity contribution in [2.75, 3.05) is 0 Å². The Morgan fingerprint density at radius 2 is 1.59 bits per heavy atom. The summed E-state index contributed by atoms with van der Waals surface area (Å²) >= 11 is 0. The van der Waals surface area contributed by atoms with Gasteiger partial charge < -0.3 is 4.74 Å². The van der Waals surface area contributed by atoms with Crippen molar-refractivity contribution in [1.29, 1.82) is 0 Å². The predicted octanol–water partition coefficient (Wildman–Crippen LogP) is 4.04. The maximum Gasteiger partial charge on any atom is 0.411 e. The molecule has 22 heavy (non-hydrogen) atoms. The average molecular weight is 309 g/mol. The fourth-order valence-electron chi connectivity index (χ4n) is 2.11. The van der Waals surface area contributed by atoms with E-state index in [1.165, 1.54) is 29.2 Å². The van der Waals surface area contributed by atoms with E-state index in [9.17, 15) is 14.0 Å². The van der Waals surface area contributed by atoms with Gasteiger partial charge in [0.1, 0.15) is 11.4 Å². The molecule has 5 heteroatoms. The van der Waals surface area contributed by atoms with Crippen molar-refractivity contribution in [2.24, 2.45) is 0 Å². The Balaban J connectivity index is 2.98. The molecule has 1 atom stereocenters. The summed E-state index contributed by atoms with van der Waals surface area (Å²) in [5, 5.41) is 0. The topological polar surface area (TPSA) is 46.6 Å². The first kappa shape index (κ1) is 18.1. The first-order valence-corrected chi connectivity index (χ1v) is 7.34. The molecule has 0 aliphatic rings. The Morgan fingerprint density at radius 1 is 1.09 bits per heavy atom. The highest BCUT2D eigenvalue weighted by Crippen LogP contribution is 2.17. The van der Waals surface area contributed by atoms with Gasteiger partial charge in [0.25, 0.3) is 0 Å². The summed E-state index contributed by atoms with van der Waals surface area (Å²) < 4.78 is 18.3. The van der Waals surface area contributed by atoms with Crippen molar-refractivity contribution in [2.45, 2.75) is 59.2 Å². The minimum Gasteiger partial charge on any atom is -0.444 e. The molecule has 0 N–H and O–H groups in total. The molecule has 0 radical (unpaired) electrons. The molecule has 0 heterocycles. The number of hydrogen-bond donors (Lipinski definition) is 0. The van der Waals surface area contributed by atoms with Gasteiger partial charge in [-0.25, -0.2) is 9.18 Å². The number of carbonyl (C=O) groups excluding carboxylic acids is 2. The minimum atomic E-state index is -0.694. The third-order valence-electron chi connectivity index (χ3n) is 3.09. The monoisotopic (exact) mass is 309 g/mol. The maximum atomic E-state index is 13.0. The second kappa shape index (κ2) is 6.90. The highest BCUT2D eigenvalue weighted by atomic mass is 19.1. The number of carbonyl (C=O) groups is 2. The van der Waals surface area contributed by atoms with Gasteiger partial charge in [-0.15, -0.1) is 0 Å². The molecule has 0 aromatic heterocycles. The SMILES string of the molecule is CC(C)N(C(=O)OC(C)(C)C)C(C)C(=O)c1ccc(F)cc1. The van der Waals surface area contributed by atoms with Gasteiger partial charge in [0, 0.05) is 11.6 Å². The zero-order valence-electron chi connectivity index (χ0n) is 14.0. The Bertz CT molecular complexity index is 532. The van der Waals surface area contributed by atoms with E-state index in [1.54, 1.807) is 27.7 Å². The van der Waals surface area contributed by atoms with Gasteiger partial charge in [-0.2, -0.15) is 0 Å². The van der Waals surface area contributed by atoms with Crippen LogP contribution in [0.15, 0.2) is 24.3 Å². The van der Waals surface area contributed by atoms with Crippen molar-refractivity contribution >= 4 is 11.9 Å². The number of halogens is 1.